The Morgan fingerprint density at radius 1 is 1.11 bits per heavy atom. The number of carboxylic acid groups (broad SMARTS) is 2. The molecule has 19 heavy (non-hydrogen) atoms. The van der Waals surface area contributed by atoms with Crippen molar-refractivity contribution < 1.29 is 84.3 Å². The first-order valence-corrected chi connectivity index (χ1v) is 4.73. The molecule has 0 aromatic carbocycles. The predicted octanol–water partition coefficient (Wildman–Crippen LogP) is -9.16. The Balaban J connectivity index is -0.000000163. The van der Waals surface area contributed by atoms with Crippen LogP contribution in [0.3, 0.4) is 0 Å². The van der Waals surface area contributed by atoms with Crippen LogP contribution in [0.2, 0.25) is 0 Å². The molecule has 0 aromatic heterocycles. The van der Waals surface area contributed by atoms with E-state index in [1.807, 2.05) is 6.92 Å². The molecule has 0 saturated heterocycles. The second-order valence-electron chi connectivity index (χ2n) is 3.43. The van der Waals surface area contributed by atoms with Gasteiger partial charge in [0.25, 0.3) is 0 Å². The zero-order chi connectivity index (χ0) is 12.1. The molecular weight excluding hydrogens is 366 g/mol. The predicted molar refractivity (Wildman–Crippen MR) is 50.4 cm³/mol. The Kier molecular flexibility index (Phi) is 24.4. The van der Waals surface area contributed by atoms with E-state index in [0.717, 1.165) is 6.42 Å². The molecular formula is C9H16Cl3FeO6. The summed E-state index contributed by atoms with van der Waals surface area (Å²) in [5.74, 6) is -3.45. The van der Waals surface area contributed by atoms with E-state index in [4.69, 9.17) is 15.3 Å². The summed E-state index contributed by atoms with van der Waals surface area (Å²) < 4.78 is 0. The van der Waals surface area contributed by atoms with E-state index in [9.17, 15) is 14.7 Å². The zero-order valence-electron chi connectivity index (χ0n) is 10.00. The quantitative estimate of drug-likeness (QED) is 0.257. The molecule has 0 aliphatic rings. The average molecular weight is 382 g/mol. The monoisotopic (exact) mass is 381 g/mol. The van der Waals surface area contributed by atoms with Crippen LogP contribution in [0.4, 0.5) is 0 Å². The Labute approximate surface area is 140 Å². The molecule has 0 saturated carbocycles. The molecule has 0 aliphatic heterocycles. The van der Waals surface area contributed by atoms with Crippen LogP contribution in [0.25, 0.3) is 0 Å². The Bertz CT molecular complexity index is 256. The number of unbranched alkanes of at least 4 members (excludes halogenated alkanes) is 2. The van der Waals surface area contributed by atoms with Gasteiger partial charge in [0.05, 0.1) is 0 Å². The molecule has 0 fully saturated rings. The molecule has 0 heterocycles. The fraction of sp³-hybridized carbons (Fsp3) is 0.778. The van der Waals surface area contributed by atoms with Gasteiger partial charge in [-0.25, -0.2) is 9.59 Å². The second-order valence-corrected chi connectivity index (χ2v) is 3.43. The minimum absolute atomic E-state index is 0. The number of aliphatic hydroxyl groups excluding tert-OH is 1. The maximum atomic E-state index is 10.7. The molecule has 0 bridgehead atoms. The number of hydrogen-bond acceptors (Lipinski definition) is 4. The molecule has 2 unspecified atom stereocenters. The van der Waals surface area contributed by atoms with Gasteiger partial charge in [-0.3, -0.25) is 0 Å². The number of carbonyl (C=O) groups is 2. The molecule has 0 amide bonds. The number of hydrogen-bond donors (Lipinski definition) is 4. The van der Waals surface area contributed by atoms with Gasteiger partial charge in [-0.15, -0.1) is 0 Å². The number of halogens is 3. The summed E-state index contributed by atoms with van der Waals surface area (Å²) in [7, 11) is 0. The van der Waals surface area contributed by atoms with Gasteiger partial charge in [0, 0.05) is 0 Å². The van der Waals surface area contributed by atoms with Gasteiger partial charge in [-0.1, -0.05) is 19.8 Å². The fourth-order valence-electron chi connectivity index (χ4n) is 1.21. The Hall–Kier alpha value is 0.249. The van der Waals surface area contributed by atoms with Crippen molar-refractivity contribution in [2.45, 2.75) is 44.3 Å². The molecule has 4 N–H and O–H groups in total. The van der Waals surface area contributed by atoms with E-state index >= 15 is 0 Å². The van der Waals surface area contributed by atoms with Crippen molar-refractivity contribution in [3.8, 4) is 0 Å². The zero-order valence-corrected chi connectivity index (χ0v) is 13.4. The van der Waals surface area contributed by atoms with Gasteiger partial charge in [0.15, 0.2) is 11.7 Å². The number of aliphatic carboxylic acids is 2. The Morgan fingerprint density at radius 2 is 1.53 bits per heavy atom. The largest absolute Gasteiger partial charge is 3.00 e. The summed E-state index contributed by atoms with van der Waals surface area (Å²) in [6.45, 7) is 1.88. The van der Waals surface area contributed by atoms with Crippen LogP contribution in [0, 0.1) is 0 Å². The van der Waals surface area contributed by atoms with Crippen LogP contribution in [0.1, 0.15) is 32.6 Å². The van der Waals surface area contributed by atoms with E-state index < -0.39 is 23.6 Å². The van der Waals surface area contributed by atoms with Crippen molar-refractivity contribution in [1.82, 2.24) is 0 Å². The van der Waals surface area contributed by atoms with E-state index in [1.54, 1.807) is 0 Å². The fourth-order valence-corrected chi connectivity index (χ4v) is 1.21. The summed E-state index contributed by atoms with van der Waals surface area (Å²) in [6, 6.07) is 0. The minimum atomic E-state index is -2.60. The van der Waals surface area contributed by atoms with Crippen molar-refractivity contribution in [2.24, 2.45) is 0 Å². The first-order valence-electron chi connectivity index (χ1n) is 4.73. The SMILES string of the molecule is CCCCCC(O)(C(=O)O)C(O)C(=O)O.[Cl-].[Cl-].[Cl-].[Fe+3]. The molecule has 10 heteroatoms. The van der Waals surface area contributed by atoms with E-state index in [1.165, 1.54) is 0 Å². The van der Waals surface area contributed by atoms with Gasteiger partial charge < -0.3 is 57.6 Å². The molecule has 0 aromatic rings. The molecule has 0 rings (SSSR count). The summed E-state index contributed by atoms with van der Waals surface area (Å²) in [4.78, 5) is 21.1. The second kappa shape index (κ2) is 14.7. The molecule has 0 aliphatic carbocycles. The molecule has 117 valence electrons. The third-order valence-electron chi connectivity index (χ3n) is 2.22. The number of carboxylic acids is 2. The van der Waals surface area contributed by atoms with Crippen LogP contribution in [0.5, 0.6) is 0 Å². The van der Waals surface area contributed by atoms with Gasteiger partial charge in [-0.05, 0) is 12.8 Å². The summed E-state index contributed by atoms with van der Waals surface area (Å²) in [5.41, 5.74) is -2.60. The minimum Gasteiger partial charge on any atom is -1.00 e. The maximum absolute atomic E-state index is 10.7. The maximum Gasteiger partial charge on any atom is 3.00 e. The van der Waals surface area contributed by atoms with Crippen molar-refractivity contribution in [3.63, 3.8) is 0 Å². The van der Waals surface area contributed by atoms with Crippen LogP contribution in [-0.2, 0) is 26.7 Å². The van der Waals surface area contributed by atoms with E-state index in [0.29, 0.717) is 12.8 Å². The first kappa shape index (κ1) is 31.6. The van der Waals surface area contributed by atoms with Gasteiger partial charge >= 0.3 is 29.0 Å². The van der Waals surface area contributed by atoms with Crippen LogP contribution in [-0.4, -0.2) is 44.1 Å². The van der Waals surface area contributed by atoms with Crippen LogP contribution in [0.15, 0.2) is 0 Å². The summed E-state index contributed by atoms with van der Waals surface area (Å²) >= 11 is 0. The Morgan fingerprint density at radius 3 is 1.79 bits per heavy atom. The standard InChI is InChI=1S/C9H16O6.3ClH.Fe/c1-2-3-4-5-9(15,8(13)14)6(10)7(11)12;;;;/h6,10,15H,2-5H2,1H3,(H,11,12)(H,13,14);3*1H;/q;;;;+3/p-3. The van der Waals surface area contributed by atoms with E-state index in [2.05, 4.69) is 0 Å². The number of rotatable bonds is 7. The molecule has 0 spiro atoms. The van der Waals surface area contributed by atoms with Crippen molar-refractivity contribution >= 4 is 11.9 Å². The third-order valence-corrected chi connectivity index (χ3v) is 2.22. The molecule has 1 radical (unpaired) electrons. The van der Waals surface area contributed by atoms with Gasteiger partial charge in [0.1, 0.15) is 0 Å². The third kappa shape index (κ3) is 9.73. The summed E-state index contributed by atoms with van der Waals surface area (Å²) in [5, 5.41) is 35.7. The van der Waals surface area contributed by atoms with Gasteiger partial charge in [-0.2, -0.15) is 0 Å². The van der Waals surface area contributed by atoms with Crippen LogP contribution >= 0.6 is 0 Å². The topological polar surface area (TPSA) is 115 Å². The van der Waals surface area contributed by atoms with Gasteiger partial charge in [0.2, 0.25) is 0 Å². The first-order chi connectivity index (χ1) is 6.86. The molecule has 6 nitrogen and oxygen atoms in total. The number of aliphatic hydroxyl groups is 2. The van der Waals surface area contributed by atoms with E-state index in [-0.39, 0.29) is 60.7 Å². The van der Waals surface area contributed by atoms with Crippen molar-refractivity contribution in [3.05, 3.63) is 0 Å². The normalized spacial score (nSPS) is 13.2. The smallest absolute Gasteiger partial charge is 1.00 e. The summed E-state index contributed by atoms with van der Waals surface area (Å²) in [6.07, 6.45) is -0.750. The van der Waals surface area contributed by atoms with Crippen molar-refractivity contribution in [2.75, 3.05) is 0 Å². The van der Waals surface area contributed by atoms with Crippen molar-refractivity contribution in [1.29, 1.82) is 0 Å². The average Bonchev–Trinajstić information content (AvgIpc) is 2.16. The molecule has 2 atom stereocenters. The van der Waals surface area contributed by atoms with Crippen LogP contribution < -0.4 is 37.2 Å².